The van der Waals surface area contributed by atoms with Crippen molar-refractivity contribution in [1.82, 2.24) is 4.98 Å². The lowest BCUT2D eigenvalue weighted by atomic mass is 10.1. The van der Waals surface area contributed by atoms with Gasteiger partial charge in [0, 0.05) is 0 Å². The summed E-state index contributed by atoms with van der Waals surface area (Å²) < 4.78 is 42.9. The third-order valence-electron chi connectivity index (χ3n) is 2.61. The van der Waals surface area contributed by atoms with E-state index in [1.807, 2.05) is 0 Å². The van der Waals surface area contributed by atoms with Gasteiger partial charge in [0.15, 0.2) is 11.3 Å². The predicted octanol–water partition coefficient (Wildman–Crippen LogP) is 1.70. The lowest BCUT2D eigenvalue weighted by molar-refractivity contribution is -0.138. The van der Waals surface area contributed by atoms with Crippen LogP contribution < -0.4 is 5.32 Å². The largest absolute Gasteiger partial charge is 0.419 e. The molecule has 1 amide bonds. The van der Waals surface area contributed by atoms with Crippen molar-refractivity contribution < 1.29 is 22.7 Å². The van der Waals surface area contributed by atoms with Crippen LogP contribution in [-0.4, -0.2) is 23.1 Å². The highest BCUT2D eigenvalue weighted by molar-refractivity contribution is 5.98. The van der Waals surface area contributed by atoms with E-state index in [9.17, 15) is 18.0 Å². The maximum atomic E-state index is 12.7. The standard InChI is InChI=1S/C11H8F3N3O2/c1-10(5-19-10)9(18)17-6-2-7(11(12,13)14)8(3-15)16-4-6/h2,4H,5H2,1H3,(H,17,18)/t10-/m0/s1. The first-order chi connectivity index (χ1) is 8.76. The second kappa shape index (κ2) is 4.20. The highest BCUT2D eigenvalue weighted by atomic mass is 19.4. The Kier molecular flexibility index (Phi) is 2.94. The molecule has 0 bridgehead atoms. The van der Waals surface area contributed by atoms with Crippen molar-refractivity contribution in [3.05, 3.63) is 23.5 Å². The Morgan fingerprint density at radius 1 is 1.63 bits per heavy atom. The Morgan fingerprint density at radius 3 is 2.74 bits per heavy atom. The second-order valence-electron chi connectivity index (χ2n) is 4.20. The van der Waals surface area contributed by atoms with Gasteiger partial charge < -0.3 is 10.1 Å². The molecule has 5 nitrogen and oxygen atoms in total. The van der Waals surface area contributed by atoms with Crippen LogP contribution in [0.2, 0.25) is 0 Å². The Labute approximate surface area is 106 Å². The number of anilines is 1. The van der Waals surface area contributed by atoms with Gasteiger partial charge in [0.1, 0.15) is 6.07 Å². The molecule has 19 heavy (non-hydrogen) atoms. The predicted molar refractivity (Wildman–Crippen MR) is 56.9 cm³/mol. The lowest BCUT2D eigenvalue weighted by Crippen LogP contribution is -2.28. The van der Waals surface area contributed by atoms with Crippen molar-refractivity contribution >= 4 is 11.6 Å². The van der Waals surface area contributed by atoms with Crippen LogP contribution in [0.1, 0.15) is 18.2 Å². The van der Waals surface area contributed by atoms with E-state index in [0.717, 1.165) is 6.20 Å². The maximum Gasteiger partial charge on any atom is 0.419 e. The molecular weight excluding hydrogens is 263 g/mol. The minimum Gasteiger partial charge on any atom is -0.359 e. The van der Waals surface area contributed by atoms with Crippen LogP contribution in [0.25, 0.3) is 0 Å². The first kappa shape index (κ1) is 13.3. The number of hydrogen-bond acceptors (Lipinski definition) is 4. The van der Waals surface area contributed by atoms with Gasteiger partial charge >= 0.3 is 6.18 Å². The van der Waals surface area contributed by atoms with Gasteiger partial charge in [-0.05, 0) is 13.0 Å². The molecule has 2 heterocycles. The molecular formula is C11H8F3N3O2. The van der Waals surface area contributed by atoms with Crippen LogP contribution in [0.5, 0.6) is 0 Å². The molecule has 0 aromatic carbocycles. The SMILES string of the molecule is C[C@@]1(C(=O)Nc2cnc(C#N)c(C(F)(F)F)c2)CO1. The van der Waals surface area contributed by atoms with E-state index in [2.05, 4.69) is 10.3 Å². The number of rotatable bonds is 2. The fourth-order valence-electron chi connectivity index (χ4n) is 1.34. The van der Waals surface area contributed by atoms with Crippen molar-refractivity contribution in [1.29, 1.82) is 5.26 Å². The number of nitrogens with one attached hydrogen (secondary N) is 1. The van der Waals surface area contributed by atoms with Crippen molar-refractivity contribution in [2.75, 3.05) is 11.9 Å². The average molecular weight is 271 g/mol. The summed E-state index contributed by atoms with van der Waals surface area (Å²) in [5, 5.41) is 10.8. The van der Waals surface area contributed by atoms with Crippen LogP contribution in [0.15, 0.2) is 12.3 Å². The quantitative estimate of drug-likeness (QED) is 0.830. The topological polar surface area (TPSA) is 78.3 Å². The van der Waals surface area contributed by atoms with Gasteiger partial charge in [-0.1, -0.05) is 0 Å². The molecule has 1 aromatic rings. The van der Waals surface area contributed by atoms with Crippen LogP contribution >= 0.6 is 0 Å². The Hall–Kier alpha value is -2.14. The summed E-state index contributed by atoms with van der Waals surface area (Å²) in [5.41, 5.74) is -3.05. The number of pyridine rings is 1. The molecule has 1 saturated heterocycles. The molecule has 0 saturated carbocycles. The summed E-state index contributed by atoms with van der Waals surface area (Å²) in [6.45, 7) is 1.73. The van der Waals surface area contributed by atoms with Gasteiger partial charge in [0.25, 0.3) is 5.91 Å². The first-order valence-corrected chi connectivity index (χ1v) is 5.19. The second-order valence-corrected chi connectivity index (χ2v) is 4.20. The Bertz CT molecular complexity index is 574. The molecule has 1 aliphatic heterocycles. The molecule has 2 rings (SSSR count). The molecule has 1 N–H and O–H groups in total. The van der Waals surface area contributed by atoms with E-state index < -0.39 is 28.9 Å². The van der Waals surface area contributed by atoms with Gasteiger partial charge in [-0.15, -0.1) is 0 Å². The average Bonchev–Trinajstić information content (AvgIpc) is 3.07. The summed E-state index contributed by atoms with van der Waals surface area (Å²) in [4.78, 5) is 15.0. The van der Waals surface area contributed by atoms with Crippen LogP contribution in [0.4, 0.5) is 18.9 Å². The number of nitriles is 1. The van der Waals surface area contributed by atoms with E-state index in [0.29, 0.717) is 6.07 Å². The molecule has 0 radical (unpaired) electrons. The lowest BCUT2D eigenvalue weighted by Gasteiger charge is -2.11. The fraction of sp³-hybridized carbons (Fsp3) is 0.364. The van der Waals surface area contributed by atoms with Crippen molar-refractivity contribution in [3.8, 4) is 6.07 Å². The zero-order valence-corrected chi connectivity index (χ0v) is 9.71. The summed E-state index contributed by atoms with van der Waals surface area (Å²) in [5.74, 6) is -0.549. The van der Waals surface area contributed by atoms with Gasteiger partial charge in [-0.25, -0.2) is 4.98 Å². The van der Waals surface area contributed by atoms with E-state index >= 15 is 0 Å². The highest BCUT2D eigenvalue weighted by Gasteiger charge is 2.47. The van der Waals surface area contributed by atoms with E-state index in [-0.39, 0.29) is 12.3 Å². The number of nitrogens with zero attached hydrogens (tertiary/aromatic N) is 2. The molecule has 0 unspecified atom stereocenters. The summed E-state index contributed by atoms with van der Waals surface area (Å²) in [6.07, 6.45) is -3.71. The van der Waals surface area contributed by atoms with Gasteiger partial charge in [-0.2, -0.15) is 18.4 Å². The molecule has 1 fully saturated rings. The third kappa shape index (κ3) is 2.66. The molecule has 8 heteroatoms. The summed E-state index contributed by atoms with van der Waals surface area (Å²) in [6, 6.07) is 2.03. The molecule has 1 atom stereocenters. The molecule has 1 aromatic heterocycles. The number of amides is 1. The summed E-state index contributed by atoms with van der Waals surface area (Å²) >= 11 is 0. The number of carbonyl (C=O) groups is 1. The van der Waals surface area contributed by atoms with E-state index in [1.54, 1.807) is 0 Å². The number of hydrogen-bond donors (Lipinski definition) is 1. The van der Waals surface area contributed by atoms with Crippen molar-refractivity contribution in [2.24, 2.45) is 0 Å². The van der Waals surface area contributed by atoms with Gasteiger partial charge in [0.2, 0.25) is 0 Å². The van der Waals surface area contributed by atoms with Crippen LogP contribution in [0, 0.1) is 11.3 Å². The molecule has 0 aliphatic carbocycles. The van der Waals surface area contributed by atoms with Crippen molar-refractivity contribution in [3.63, 3.8) is 0 Å². The minimum absolute atomic E-state index is 0.131. The number of alkyl halides is 3. The number of halogens is 3. The van der Waals surface area contributed by atoms with Gasteiger partial charge in [0.05, 0.1) is 24.1 Å². The molecule has 100 valence electrons. The number of ether oxygens (including phenoxy) is 1. The monoisotopic (exact) mass is 271 g/mol. The summed E-state index contributed by atoms with van der Waals surface area (Å²) in [7, 11) is 0. The number of carbonyl (C=O) groups excluding carboxylic acids is 1. The minimum atomic E-state index is -4.71. The smallest absolute Gasteiger partial charge is 0.359 e. The zero-order valence-electron chi connectivity index (χ0n) is 9.71. The fourth-order valence-corrected chi connectivity index (χ4v) is 1.34. The molecule has 0 spiro atoms. The normalized spacial score (nSPS) is 21.6. The Morgan fingerprint density at radius 2 is 2.26 bits per heavy atom. The van der Waals surface area contributed by atoms with E-state index in [4.69, 9.17) is 10.00 Å². The first-order valence-electron chi connectivity index (χ1n) is 5.19. The van der Waals surface area contributed by atoms with Crippen LogP contribution in [0.3, 0.4) is 0 Å². The van der Waals surface area contributed by atoms with Gasteiger partial charge in [-0.3, -0.25) is 4.79 Å². The number of aromatic nitrogens is 1. The van der Waals surface area contributed by atoms with Crippen LogP contribution in [-0.2, 0) is 15.7 Å². The van der Waals surface area contributed by atoms with E-state index in [1.165, 1.54) is 13.0 Å². The maximum absolute atomic E-state index is 12.7. The highest BCUT2D eigenvalue weighted by Crippen LogP contribution is 2.33. The molecule has 1 aliphatic rings. The third-order valence-corrected chi connectivity index (χ3v) is 2.61. The Balaban J connectivity index is 2.29. The number of epoxide rings is 1. The van der Waals surface area contributed by atoms with Crippen molar-refractivity contribution in [2.45, 2.75) is 18.7 Å². The zero-order chi connectivity index (χ0) is 14.3.